The maximum absolute atomic E-state index is 11.0. The first-order valence-corrected chi connectivity index (χ1v) is 9.09. The SMILES string of the molecule is O=C(O)CCCCC(CCCC(=O)O)(c1ccccc1)c1ccccc1. The van der Waals surface area contributed by atoms with E-state index in [0.29, 0.717) is 12.8 Å². The molecule has 0 heterocycles. The molecule has 0 saturated heterocycles. The second-order valence-electron chi connectivity index (χ2n) is 6.66. The lowest BCUT2D eigenvalue weighted by Gasteiger charge is -2.36. The third-order valence-corrected chi connectivity index (χ3v) is 4.89. The van der Waals surface area contributed by atoms with Crippen molar-refractivity contribution in [1.29, 1.82) is 0 Å². The average Bonchev–Trinajstić information content (AvgIpc) is 2.65. The van der Waals surface area contributed by atoms with Crippen LogP contribution in [0.3, 0.4) is 0 Å². The molecular formula is C22H26O4. The van der Waals surface area contributed by atoms with E-state index in [9.17, 15) is 9.59 Å². The molecule has 0 aliphatic carbocycles. The van der Waals surface area contributed by atoms with E-state index in [-0.39, 0.29) is 18.3 Å². The zero-order valence-electron chi connectivity index (χ0n) is 14.9. The van der Waals surface area contributed by atoms with Crippen LogP contribution in [0.15, 0.2) is 60.7 Å². The van der Waals surface area contributed by atoms with Crippen molar-refractivity contribution in [3.8, 4) is 0 Å². The predicted molar refractivity (Wildman–Crippen MR) is 101 cm³/mol. The van der Waals surface area contributed by atoms with Gasteiger partial charge >= 0.3 is 11.9 Å². The maximum atomic E-state index is 11.0. The van der Waals surface area contributed by atoms with Gasteiger partial charge < -0.3 is 10.2 Å². The van der Waals surface area contributed by atoms with Gasteiger partial charge in [0, 0.05) is 18.3 Å². The Morgan fingerprint density at radius 3 is 1.54 bits per heavy atom. The van der Waals surface area contributed by atoms with E-state index in [4.69, 9.17) is 10.2 Å². The first-order valence-electron chi connectivity index (χ1n) is 9.09. The van der Waals surface area contributed by atoms with Gasteiger partial charge in [0.25, 0.3) is 0 Å². The standard InChI is InChI=1S/C22H26O4/c23-20(24)14-7-8-16-22(17-9-15-21(25)26,18-10-3-1-4-11-18)19-12-5-2-6-13-19/h1-6,10-13H,7-9,14-17H2,(H,23,24)(H,25,26). The highest BCUT2D eigenvalue weighted by atomic mass is 16.4. The summed E-state index contributed by atoms with van der Waals surface area (Å²) in [6.07, 6.45) is 3.80. The van der Waals surface area contributed by atoms with Gasteiger partial charge in [0.15, 0.2) is 0 Å². The number of carbonyl (C=O) groups is 2. The van der Waals surface area contributed by atoms with Gasteiger partial charge in [-0.1, -0.05) is 67.1 Å². The minimum absolute atomic E-state index is 0.135. The number of hydrogen-bond donors (Lipinski definition) is 2. The summed E-state index contributed by atoms with van der Waals surface area (Å²) in [5, 5.41) is 18.0. The molecule has 0 spiro atoms. The van der Waals surface area contributed by atoms with Crippen LogP contribution >= 0.6 is 0 Å². The van der Waals surface area contributed by atoms with Crippen molar-refractivity contribution in [3.63, 3.8) is 0 Å². The van der Waals surface area contributed by atoms with E-state index in [0.717, 1.165) is 30.4 Å². The van der Waals surface area contributed by atoms with Crippen molar-refractivity contribution in [2.24, 2.45) is 0 Å². The van der Waals surface area contributed by atoms with Crippen molar-refractivity contribution in [1.82, 2.24) is 0 Å². The summed E-state index contributed by atoms with van der Waals surface area (Å²) < 4.78 is 0. The number of hydrogen-bond acceptors (Lipinski definition) is 2. The van der Waals surface area contributed by atoms with Crippen LogP contribution in [0.25, 0.3) is 0 Å². The molecule has 2 rings (SSSR count). The maximum Gasteiger partial charge on any atom is 0.303 e. The van der Waals surface area contributed by atoms with E-state index in [1.165, 1.54) is 0 Å². The van der Waals surface area contributed by atoms with Crippen LogP contribution in [0.5, 0.6) is 0 Å². The van der Waals surface area contributed by atoms with Crippen molar-refractivity contribution in [3.05, 3.63) is 71.8 Å². The number of carboxylic acids is 2. The zero-order valence-corrected chi connectivity index (χ0v) is 14.9. The van der Waals surface area contributed by atoms with Crippen LogP contribution in [-0.4, -0.2) is 22.2 Å². The fourth-order valence-electron chi connectivity index (χ4n) is 3.63. The molecule has 2 N–H and O–H groups in total. The third-order valence-electron chi connectivity index (χ3n) is 4.89. The molecule has 2 aromatic carbocycles. The lowest BCUT2D eigenvalue weighted by Crippen LogP contribution is -2.28. The number of benzene rings is 2. The van der Waals surface area contributed by atoms with Gasteiger partial charge in [-0.15, -0.1) is 0 Å². The van der Waals surface area contributed by atoms with E-state index in [1.807, 2.05) is 36.4 Å². The Kier molecular flexibility index (Phi) is 7.39. The Bertz CT molecular complexity index is 655. The molecule has 0 aromatic heterocycles. The molecule has 0 aliphatic heterocycles. The summed E-state index contributed by atoms with van der Waals surface area (Å²) in [5.74, 6) is -1.56. The van der Waals surface area contributed by atoms with Gasteiger partial charge in [-0.2, -0.15) is 0 Å². The van der Waals surface area contributed by atoms with Crippen molar-refractivity contribution >= 4 is 11.9 Å². The van der Waals surface area contributed by atoms with Gasteiger partial charge in [-0.25, -0.2) is 0 Å². The molecular weight excluding hydrogens is 328 g/mol. The van der Waals surface area contributed by atoms with Crippen LogP contribution in [0, 0.1) is 0 Å². The number of rotatable bonds is 11. The van der Waals surface area contributed by atoms with E-state index >= 15 is 0 Å². The Morgan fingerprint density at radius 2 is 1.08 bits per heavy atom. The summed E-state index contributed by atoms with van der Waals surface area (Å²) in [4.78, 5) is 21.9. The highest BCUT2D eigenvalue weighted by Crippen LogP contribution is 2.41. The van der Waals surface area contributed by atoms with Crippen molar-refractivity contribution < 1.29 is 19.8 Å². The van der Waals surface area contributed by atoms with Gasteiger partial charge in [0.1, 0.15) is 0 Å². The summed E-state index contributed by atoms with van der Waals surface area (Å²) in [7, 11) is 0. The van der Waals surface area contributed by atoms with Gasteiger partial charge in [0.05, 0.1) is 0 Å². The minimum Gasteiger partial charge on any atom is -0.481 e. The van der Waals surface area contributed by atoms with Gasteiger partial charge in [-0.3, -0.25) is 9.59 Å². The molecule has 2 aromatic rings. The quantitative estimate of drug-likeness (QED) is 0.564. The number of aliphatic carboxylic acids is 2. The molecule has 26 heavy (non-hydrogen) atoms. The molecule has 0 fully saturated rings. The van der Waals surface area contributed by atoms with Crippen LogP contribution < -0.4 is 0 Å². The fourth-order valence-corrected chi connectivity index (χ4v) is 3.63. The molecule has 0 saturated carbocycles. The van der Waals surface area contributed by atoms with E-state index in [1.54, 1.807) is 0 Å². The van der Waals surface area contributed by atoms with E-state index in [2.05, 4.69) is 24.3 Å². The molecule has 138 valence electrons. The Labute approximate surface area is 154 Å². The van der Waals surface area contributed by atoms with E-state index < -0.39 is 11.9 Å². The Morgan fingerprint density at radius 1 is 0.654 bits per heavy atom. The Balaban J connectivity index is 2.34. The minimum atomic E-state index is -0.786. The molecule has 4 nitrogen and oxygen atoms in total. The first-order chi connectivity index (χ1) is 12.5. The largest absolute Gasteiger partial charge is 0.481 e. The second kappa shape index (κ2) is 9.76. The molecule has 0 aliphatic rings. The normalized spacial score (nSPS) is 11.2. The lowest BCUT2D eigenvalue weighted by molar-refractivity contribution is -0.138. The fraction of sp³-hybridized carbons (Fsp3) is 0.364. The molecule has 4 heteroatoms. The molecule has 0 bridgehead atoms. The highest BCUT2D eigenvalue weighted by Gasteiger charge is 2.33. The first kappa shape index (κ1) is 19.7. The molecule has 0 unspecified atom stereocenters. The van der Waals surface area contributed by atoms with Gasteiger partial charge in [-0.05, 0) is 36.8 Å². The summed E-state index contributed by atoms with van der Waals surface area (Å²) in [6.45, 7) is 0. The highest BCUT2D eigenvalue weighted by molar-refractivity contribution is 5.67. The number of carboxylic acid groups (broad SMARTS) is 2. The van der Waals surface area contributed by atoms with Crippen molar-refractivity contribution in [2.75, 3.05) is 0 Å². The average molecular weight is 354 g/mol. The van der Waals surface area contributed by atoms with Crippen LogP contribution in [0.4, 0.5) is 0 Å². The zero-order chi connectivity index (χ0) is 18.8. The lowest BCUT2D eigenvalue weighted by atomic mass is 9.68. The molecule has 0 radical (unpaired) electrons. The Hall–Kier alpha value is -2.62. The number of unbranched alkanes of at least 4 members (excludes halogenated alkanes) is 1. The topological polar surface area (TPSA) is 74.6 Å². The van der Waals surface area contributed by atoms with Crippen LogP contribution in [0.2, 0.25) is 0 Å². The molecule has 0 amide bonds. The second-order valence-corrected chi connectivity index (χ2v) is 6.66. The molecule has 0 atom stereocenters. The van der Waals surface area contributed by atoms with Crippen LogP contribution in [-0.2, 0) is 15.0 Å². The van der Waals surface area contributed by atoms with Crippen molar-refractivity contribution in [2.45, 2.75) is 50.4 Å². The monoisotopic (exact) mass is 354 g/mol. The predicted octanol–water partition coefficient (Wildman–Crippen LogP) is 4.87. The third kappa shape index (κ3) is 5.45. The summed E-state index contributed by atoms with van der Waals surface area (Å²) in [5.41, 5.74) is 2.02. The summed E-state index contributed by atoms with van der Waals surface area (Å²) in [6, 6.07) is 20.3. The van der Waals surface area contributed by atoms with Gasteiger partial charge in [0.2, 0.25) is 0 Å². The smallest absolute Gasteiger partial charge is 0.303 e. The van der Waals surface area contributed by atoms with Crippen LogP contribution in [0.1, 0.15) is 56.1 Å². The summed E-state index contributed by atoms with van der Waals surface area (Å²) >= 11 is 0.